The minimum absolute atomic E-state index is 0.526. The molecule has 1 aliphatic rings. The lowest BCUT2D eigenvalue weighted by Crippen LogP contribution is -2.09. The van der Waals surface area contributed by atoms with Crippen molar-refractivity contribution in [2.24, 2.45) is 0 Å². The quantitative estimate of drug-likeness (QED) is 0.892. The van der Waals surface area contributed by atoms with E-state index in [1.165, 1.54) is 37.0 Å². The maximum Gasteiger partial charge on any atom is 0.135 e. The number of anilines is 1. The fourth-order valence-corrected chi connectivity index (χ4v) is 3.71. The van der Waals surface area contributed by atoms with Crippen LogP contribution in [0.2, 0.25) is 0 Å². The molecule has 2 aromatic heterocycles. The van der Waals surface area contributed by atoms with Crippen LogP contribution >= 0.6 is 11.3 Å². The van der Waals surface area contributed by atoms with E-state index in [4.69, 9.17) is 10.7 Å². The number of thiophene rings is 1. The normalized spacial score (nSPS) is 17.4. The first-order valence-electron chi connectivity index (χ1n) is 6.83. The number of aryl methyl sites for hydroxylation is 1. The number of nitrogens with zero attached hydrogens (tertiary/aromatic N) is 2. The van der Waals surface area contributed by atoms with Crippen molar-refractivity contribution in [1.82, 2.24) is 9.97 Å². The Morgan fingerprint density at radius 3 is 2.78 bits per heavy atom. The van der Waals surface area contributed by atoms with E-state index < -0.39 is 0 Å². The van der Waals surface area contributed by atoms with Crippen molar-refractivity contribution >= 4 is 27.4 Å². The molecule has 0 spiro atoms. The van der Waals surface area contributed by atoms with Gasteiger partial charge in [0.15, 0.2) is 0 Å². The minimum Gasteiger partial charge on any atom is -0.383 e. The lowest BCUT2D eigenvalue weighted by molar-refractivity contribution is 0.430. The number of fused-ring (bicyclic) bond motifs is 1. The lowest BCUT2D eigenvalue weighted by atomic mass is 9.89. The molecule has 3 rings (SSSR count). The molecule has 0 amide bonds. The summed E-state index contributed by atoms with van der Waals surface area (Å²) < 4.78 is 0. The maximum absolute atomic E-state index is 6.09. The Labute approximate surface area is 111 Å². The van der Waals surface area contributed by atoms with Crippen molar-refractivity contribution in [3.8, 4) is 0 Å². The third-order valence-electron chi connectivity index (χ3n) is 3.81. The number of nitrogen functional groups attached to an aromatic ring is 1. The molecule has 0 aromatic carbocycles. The molecule has 1 aliphatic carbocycles. The van der Waals surface area contributed by atoms with Crippen molar-refractivity contribution in [3.63, 3.8) is 0 Å². The Morgan fingerprint density at radius 2 is 2.06 bits per heavy atom. The highest BCUT2D eigenvalue weighted by Crippen LogP contribution is 2.34. The zero-order chi connectivity index (χ0) is 12.5. The van der Waals surface area contributed by atoms with Gasteiger partial charge in [-0.2, -0.15) is 0 Å². The van der Waals surface area contributed by atoms with Gasteiger partial charge in [-0.15, -0.1) is 11.3 Å². The van der Waals surface area contributed by atoms with Crippen molar-refractivity contribution in [1.29, 1.82) is 0 Å². The summed E-state index contributed by atoms with van der Waals surface area (Å²) in [6.45, 7) is 2.16. The molecule has 0 bridgehead atoms. The van der Waals surface area contributed by atoms with Crippen LogP contribution in [-0.2, 0) is 6.42 Å². The van der Waals surface area contributed by atoms with Crippen LogP contribution in [0.4, 0.5) is 5.82 Å². The van der Waals surface area contributed by atoms with E-state index in [0.29, 0.717) is 11.7 Å². The maximum atomic E-state index is 6.09. The molecule has 2 aromatic rings. The van der Waals surface area contributed by atoms with Crippen LogP contribution < -0.4 is 5.73 Å². The van der Waals surface area contributed by atoms with Gasteiger partial charge in [-0.25, -0.2) is 9.97 Å². The molecule has 1 saturated carbocycles. The lowest BCUT2D eigenvalue weighted by Gasteiger charge is -2.20. The standard InChI is InChI=1S/C14H19N3S/c1-2-10-8-11-12(15)16-13(17-14(11)18-10)9-6-4-3-5-7-9/h8-9H,2-7H2,1H3,(H2,15,16,17). The largest absolute Gasteiger partial charge is 0.383 e. The van der Waals surface area contributed by atoms with E-state index in [9.17, 15) is 0 Å². The summed E-state index contributed by atoms with van der Waals surface area (Å²) in [5.41, 5.74) is 6.09. The van der Waals surface area contributed by atoms with Crippen LogP contribution in [0.25, 0.3) is 10.2 Å². The average Bonchev–Trinajstić information content (AvgIpc) is 2.83. The summed E-state index contributed by atoms with van der Waals surface area (Å²) in [4.78, 5) is 11.7. The molecule has 1 fully saturated rings. The summed E-state index contributed by atoms with van der Waals surface area (Å²) in [7, 11) is 0. The highest BCUT2D eigenvalue weighted by molar-refractivity contribution is 7.18. The number of rotatable bonds is 2. The van der Waals surface area contributed by atoms with Crippen LogP contribution in [0.3, 0.4) is 0 Å². The van der Waals surface area contributed by atoms with Gasteiger partial charge in [0.25, 0.3) is 0 Å². The van der Waals surface area contributed by atoms with Crippen LogP contribution in [0.1, 0.15) is 55.6 Å². The highest BCUT2D eigenvalue weighted by atomic mass is 32.1. The Balaban J connectivity index is 2.02. The molecule has 2 heterocycles. The van der Waals surface area contributed by atoms with Gasteiger partial charge in [-0.3, -0.25) is 0 Å². The van der Waals surface area contributed by atoms with E-state index in [-0.39, 0.29) is 0 Å². The minimum atomic E-state index is 0.526. The second-order valence-electron chi connectivity index (χ2n) is 5.09. The molecule has 0 aliphatic heterocycles. The predicted octanol–water partition coefficient (Wildman–Crippen LogP) is 3.88. The SMILES string of the molecule is CCc1cc2c(N)nc(C3CCCCC3)nc2s1. The first kappa shape index (κ1) is 11.9. The molecule has 4 heteroatoms. The molecule has 0 atom stereocenters. The third kappa shape index (κ3) is 2.09. The summed E-state index contributed by atoms with van der Waals surface area (Å²) in [5.74, 6) is 2.17. The average molecular weight is 261 g/mol. The third-order valence-corrected chi connectivity index (χ3v) is 4.98. The molecule has 96 valence electrons. The summed E-state index contributed by atoms with van der Waals surface area (Å²) in [6.07, 6.45) is 7.44. The van der Waals surface area contributed by atoms with E-state index in [1.54, 1.807) is 11.3 Å². The fraction of sp³-hybridized carbons (Fsp3) is 0.571. The van der Waals surface area contributed by atoms with E-state index >= 15 is 0 Å². The fourth-order valence-electron chi connectivity index (χ4n) is 2.73. The summed E-state index contributed by atoms with van der Waals surface area (Å²) in [6, 6.07) is 2.14. The molecular weight excluding hydrogens is 242 g/mol. The highest BCUT2D eigenvalue weighted by Gasteiger charge is 2.20. The number of aromatic nitrogens is 2. The van der Waals surface area contributed by atoms with Gasteiger partial charge < -0.3 is 5.73 Å². The van der Waals surface area contributed by atoms with Crippen LogP contribution in [0.5, 0.6) is 0 Å². The predicted molar refractivity (Wildman–Crippen MR) is 77.0 cm³/mol. The van der Waals surface area contributed by atoms with Gasteiger partial charge in [0.2, 0.25) is 0 Å². The Bertz CT molecular complexity index is 555. The van der Waals surface area contributed by atoms with Gasteiger partial charge in [-0.05, 0) is 25.3 Å². The van der Waals surface area contributed by atoms with E-state index in [0.717, 1.165) is 22.5 Å². The zero-order valence-electron chi connectivity index (χ0n) is 10.8. The number of hydrogen-bond acceptors (Lipinski definition) is 4. The van der Waals surface area contributed by atoms with E-state index in [1.807, 2.05) is 0 Å². The topological polar surface area (TPSA) is 51.8 Å². The smallest absolute Gasteiger partial charge is 0.135 e. The van der Waals surface area contributed by atoms with Crippen LogP contribution in [0.15, 0.2) is 6.07 Å². The molecule has 3 nitrogen and oxygen atoms in total. The molecule has 18 heavy (non-hydrogen) atoms. The summed E-state index contributed by atoms with van der Waals surface area (Å²) in [5, 5.41) is 1.04. The van der Waals surface area contributed by atoms with Gasteiger partial charge in [0, 0.05) is 10.8 Å². The first-order chi connectivity index (χ1) is 8.78. The number of nitrogens with two attached hydrogens (primary N) is 1. The van der Waals surface area contributed by atoms with Gasteiger partial charge >= 0.3 is 0 Å². The van der Waals surface area contributed by atoms with Crippen molar-refractivity contribution < 1.29 is 0 Å². The Kier molecular flexibility index (Phi) is 3.20. The molecule has 2 N–H and O–H groups in total. The summed E-state index contributed by atoms with van der Waals surface area (Å²) >= 11 is 1.76. The van der Waals surface area contributed by atoms with E-state index in [2.05, 4.69) is 18.0 Å². The number of hydrogen-bond donors (Lipinski definition) is 1. The molecule has 0 saturated heterocycles. The van der Waals surface area contributed by atoms with Crippen molar-refractivity contribution in [2.75, 3.05) is 5.73 Å². The Morgan fingerprint density at radius 1 is 1.28 bits per heavy atom. The second-order valence-corrected chi connectivity index (χ2v) is 6.20. The molecular formula is C14H19N3S. The molecule has 0 unspecified atom stereocenters. The second kappa shape index (κ2) is 4.84. The van der Waals surface area contributed by atoms with Crippen molar-refractivity contribution in [3.05, 3.63) is 16.8 Å². The van der Waals surface area contributed by atoms with Gasteiger partial charge in [-0.1, -0.05) is 26.2 Å². The first-order valence-corrected chi connectivity index (χ1v) is 7.65. The monoisotopic (exact) mass is 261 g/mol. The molecule has 0 radical (unpaired) electrons. The zero-order valence-corrected chi connectivity index (χ0v) is 11.6. The Hall–Kier alpha value is -1.16. The van der Waals surface area contributed by atoms with Crippen molar-refractivity contribution in [2.45, 2.75) is 51.4 Å². The van der Waals surface area contributed by atoms with Gasteiger partial charge in [0.1, 0.15) is 16.5 Å². The van der Waals surface area contributed by atoms with Gasteiger partial charge in [0.05, 0.1) is 5.39 Å². The van der Waals surface area contributed by atoms with Crippen LogP contribution in [-0.4, -0.2) is 9.97 Å². The van der Waals surface area contributed by atoms with Crippen LogP contribution in [0, 0.1) is 0 Å².